The Balaban J connectivity index is 2.61. The van der Waals surface area contributed by atoms with E-state index in [2.05, 4.69) is 18.1 Å². The van der Waals surface area contributed by atoms with Crippen molar-refractivity contribution in [1.82, 2.24) is 4.90 Å². The zero-order chi connectivity index (χ0) is 13.7. The number of thioether (sulfide) groups is 1. The number of nitrogens with zero attached hydrogens (tertiary/aromatic N) is 1. The third kappa shape index (κ3) is 4.07. The molecule has 1 rings (SSSR count). The minimum Gasteiger partial charge on any atom is -0.475 e. The molecule has 1 aromatic heterocycles. The molecule has 0 radical (unpaired) electrons. The van der Waals surface area contributed by atoms with Gasteiger partial charge < -0.3 is 9.52 Å². The zero-order valence-electron chi connectivity index (χ0n) is 11.4. The molecule has 0 spiro atoms. The maximum atomic E-state index is 10.9. The molecule has 0 aliphatic heterocycles. The van der Waals surface area contributed by atoms with Gasteiger partial charge in [0.25, 0.3) is 0 Å². The van der Waals surface area contributed by atoms with Crippen molar-refractivity contribution in [3.8, 4) is 0 Å². The van der Waals surface area contributed by atoms with Gasteiger partial charge in [0, 0.05) is 11.6 Å². The second-order valence-corrected chi connectivity index (χ2v) is 5.56. The van der Waals surface area contributed by atoms with Gasteiger partial charge in [0.15, 0.2) is 0 Å². The van der Waals surface area contributed by atoms with Crippen LogP contribution in [0.3, 0.4) is 0 Å². The summed E-state index contributed by atoms with van der Waals surface area (Å²) in [6.07, 6.45) is 3.21. The largest absolute Gasteiger partial charge is 0.475 e. The van der Waals surface area contributed by atoms with E-state index in [4.69, 9.17) is 9.52 Å². The van der Waals surface area contributed by atoms with E-state index in [0.717, 1.165) is 12.2 Å². The standard InChI is InChI=1S/C13H21NO3S/c1-9-7-11(17-12(9)13(15)16)8-14(3)10(2)5-6-18-4/h7,10H,5-6,8H2,1-4H3,(H,15,16). The Labute approximate surface area is 112 Å². The summed E-state index contributed by atoms with van der Waals surface area (Å²) < 4.78 is 5.35. The first-order chi connectivity index (χ1) is 8.45. The van der Waals surface area contributed by atoms with Crippen LogP contribution in [-0.2, 0) is 6.54 Å². The summed E-state index contributed by atoms with van der Waals surface area (Å²) in [5, 5.41) is 8.93. The Hall–Kier alpha value is -0.940. The summed E-state index contributed by atoms with van der Waals surface area (Å²) in [6.45, 7) is 4.57. The number of aromatic carboxylic acids is 1. The lowest BCUT2D eigenvalue weighted by molar-refractivity contribution is 0.0657. The molecule has 1 atom stereocenters. The highest BCUT2D eigenvalue weighted by atomic mass is 32.2. The molecule has 0 amide bonds. The van der Waals surface area contributed by atoms with Gasteiger partial charge in [-0.15, -0.1) is 0 Å². The molecule has 0 aliphatic carbocycles. The SMILES string of the molecule is CSCCC(C)N(C)Cc1cc(C)c(C(=O)O)o1. The molecule has 102 valence electrons. The van der Waals surface area contributed by atoms with E-state index in [0.29, 0.717) is 23.9 Å². The Bertz CT molecular complexity index is 403. The van der Waals surface area contributed by atoms with Crippen LogP contribution in [0.5, 0.6) is 0 Å². The van der Waals surface area contributed by atoms with Crippen molar-refractivity contribution in [2.75, 3.05) is 19.1 Å². The molecule has 1 N–H and O–H groups in total. The van der Waals surface area contributed by atoms with Gasteiger partial charge in [0.2, 0.25) is 5.76 Å². The molecule has 1 aromatic rings. The van der Waals surface area contributed by atoms with Gasteiger partial charge in [-0.05, 0) is 45.4 Å². The van der Waals surface area contributed by atoms with Crippen LogP contribution in [-0.4, -0.2) is 41.1 Å². The third-order valence-corrected chi connectivity index (χ3v) is 3.70. The maximum Gasteiger partial charge on any atom is 0.372 e. The van der Waals surface area contributed by atoms with E-state index in [9.17, 15) is 4.79 Å². The molecule has 0 bridgehead atoms. The summed E-state index contributed by atoms with van der Waals surface area (Å²) >= 11 is 1.84. The number of carboxylic acid groups (broad SMARTS) is 1. The molecule has 0 fully saturated rings. The van der Waals surface area contributed by atoms with Gasteiger partial charge in [0.05, 0.1) is 6.54 Å². The zero-order valence-corrected chi connectivity index (χ0v) is 12.2. The van der Waals surface area contributed by atoms with E-state index in [-0.39, 0.29) is 5.76 Å². The summed E-state index contributed by atoms with van der Waals surface area (Å²) in [5.41, 5.74) is 0.683. The molecule has 0 saturated heterocycles. The van der Waals surface area contributed by atoms with Gasteiger partial charge in [0.1, 0.15) is 5.76 Å². The van der Waals surface area contributed by atoms with Crippen LogP contribution in [0.15, 0.2) is 10.5 Å². The van der Waals surface area contributed by atoms with E-state index in [1.165, 1.54) is 0 Å². The van der Waals surface area contributed by atoms with Crippen molar-refractivity contribution in [1.29, 1.82) is 0 Å². The lowest BCUT2D eigenvalue weighted by Crippen LogP contribution is -2.28. The fourth-order valence-electron chi connectivity index (χ4n) is 1.75. The average molecular weight is 271 g/mol. The average Bonchev–Trinajstić information content (AvgIpc) is 2.67. The molecular weight excluding hydrogens is 250 g/mol. The summed E-state index contributed by atoms with van der Waals surface area (Å²) in [5.74, 6) is 0.888. The number of hydrogen-bond donors (Lipinski definition) is 1. The lowest BCUT2D eigenvalue weighted by atomic mass is 10.2. The van der Waals surface area contributed by atoms with E-state index in [1.54, 1.807) is 13.0 Å². The van der Waals surface area contributed by atoms with E-state index < -0.39 is 5.97 Å². The molecule has 1 unspecified atom stereocenters. The van der Waals surface area contributed by atoms with Crippen LogP contribution in [0.2, 0.25) is 0 Å². The van der Waals surface area contributed by atoms with Crippen molar-refractivity contribution >= 4 is 17.7 Å². The highest BCUT2D eigenvalue weighted by molar-refractivity contribution is 7.98. The molecule has 4 nitrogen and oxygen atoms in total. The van der Waals surface area contributed by atoms with Crippen LogP contribution < -0.4 is 0 Å². The molecule has 18 heavy (non-hydrogen) atoms. The van der Waals surface area contributed by atoms with Crippen molar-refractivity contribution < 1.29 is 14.3 Å². The first-order valence-electron chi connectivity index (χ1n) is 5.97. The highest BCUT2D eigenvalue weighted by Crippen LogP contribution is 2.17. The smallest absolute Gasteiger partial charge is 0.372 e. The summed E-state index contributed by atoms with van der Waals surface area (Å²) in [6, 6.07) is 2.26. The fourth-order valence-corrected chi connectivity index (χ4v) is 2.33. The predicted octanol–water partition coefficient (Wildman–Crippen LogP) is 2.86. The van der Waals surface area contributed by atoms with Crippen LogP contribution in [0.1, 0.15) is 35.2 Å². The summed E-state index contributed by atoms with van der Waals surface area (Å²) in [4.78, 5) is 13.1. The van der Waals surface area contributed by atoms with Gasteiger partial charge in [-0.25, -0.2) is 4.79 Å². The molecule has 0 aromatic carbocycles. The van der Waals surface area contributed by atoms with Crippen molar-refractivity contribution in [3.05, 3.63) is 23.2 Å². The van der Waals surface area contributed by atoms with Crippen LogP contribution in [0.25, 0.3) is 0 Å². The fraction of sp³-hybridized carbons (Fsp3) is 0.615. The first-order valence-corrected chi connectivity index (χ1v) is 7.36. The molecular formula is C13H21NO3S. The lowest BCUT2D eigenvalue weighted by Gasteiger charge is -2.23. The maximum absolute atomic E-state index is 10.9. The van der Waals surface area contributed by atoms with Crippen molar-refractivity contribution in [2.45, 2.75) is 32.9 Å². The number of rotatable bonds is 7. The first kappa shape index (κ1) is 15.1. The third-order valence-electron chi connectivity index (χ3n) is 3.06. The number of furan rings is 1. The highest BCUT2D eigenvalue weighted by Gasteiger charge is 2.16. The second kappa shape index (κ2) is 6.85. The Morgan fingerprint density at radius 3 is 2.78 bits per heavy atom. The normalized spacial score (nSPS) is 12.9. The molecule has 0 aliphatic rings. The summed E-state index contributed by atoms with van der Waals surface area (Å²) in [7, 11) is 2.03. The van der Waals surface area contributed by atoms with Crippen LogP contribution in [0, 0.1) is 6.92 Å². The monoisotopic (exact) mass is 271 g/mol. The van der Waals surface area contributed by atoms with Crippen LogP contribution in [0.4, 0.5) is 0 Å². The van der Waals surface area contributed by atoms with Gasteiger partial charge in [-0.3, -0.25) is 4.90 Å². The number of hydrogen-bond acceptors (Lipinski definition) is 4. The molecule has 0 saturated carbocycles. The number of aryl methyl sites for hydroxylation is 1. The minimum absolute atomic E-state index is 0.0511. The minimum atomic E-state index is -1.00. The Morgan fingerprint density at radius 1 is 1.61 bits per heavy atom. The molecule has 1 heterocycles. The Kier molecular flexibility index (Phi) is 5.75. The predicted molar refractivity (Wildman–Crippen MR) is 74.3 cm³/mol. The van der Waals surface area contributed by atoms with Gasteiger partial charge in [-0.2, -0.15) is 11.8 Å². The van der Waals surface area contributed by atoms with Gasteiger partial charge in [-0.1, -0.05) is 0 Å². The van der Waals surface area contributed by atoms with Crippen molar-refractivity contribution in [2.24, 2.45) is 0 Å². The number of carboxylic acids is 1. The van der Waals surface area contributed by atoms with Crippen LogP contribution >= 0.6 is 11.8 Å². The Morgan fingerprint density at radius 2 is 2.28 bits per heavy atom. The second-order valence-electron chi connectivity index (χ2n) is 4.58. The number of carbonyl (C=O) groups is 1. The van der Waals surface area contributed by atoms with Crippen molar-refractivity contribution in [3.63, 3.8) is 0 Å². The molecule has 5 heteroatoms. The topological polar surface area (TPSA) is 53.7 Å². The van der Waals surface area contributed by atoms with Gasteiger partial charge >= 0.3 is 5.97 Å². The van der Waals surface area contributed by atoms with E-state index >= 15 is 0 Å². The van der Waals surface area contributed by atoms with E-state index in [1.807, 2.05) is 18.8 Å². The quantitative estimate of drug-likeness (QED) is 0.826.